The Kier molecular flexibility index (Phi) is 6.71. The molecule has 1 saturated heterocycles. The van der Waals surface area contributed by atoms with Crippen molar-refractivity contribution in [1.82, 2.24) is 14.0 Å². The topological polar surface area (TPSA) is 99.8 Å². The zero-order valence-electron chi connectivity index (χ0n) is 17.6. The van der Waals surface area contributed by atoms with Gasteiger partial charge in [-0.1, -0.05) is 6.07 Å². The van der Waals surface area contributed by atoms with E-state index < -0.39 is 6.04 Å². The first-order chi connectivity index (χ1) is 14.3. The van der Waals surface area contributed by atoms with Gasteiger partial charge in [0.2, 0.25) is 5.91 Å². The molecule has 1 aromatic heterocycles. The van der Waals surface area contributed by atoms with Crippen molar-refractivity contribution >= 4 is 28.8 Å². The van der Waals surface area contributed by atoms with Crippen molar-refractivity contribution in [2.45, 2.75) is 38.6 Å². The fourth-order valence-corrected chi connectivity index (χ4v) is 3.73. The number of aryl methyl sites for hydroxylation is 2. The molecule has 1 atom stereocenters. The molecule has 9 heteroatoms. The van der Waals surface area contributed by atoms with E-state index in [2.05, 4.69) is 0 Å². The van der Waals surface area contributed by atoms with Crippen LogP contribution in [0.25, 0.3) is 11.0 Å². The van der Waals surface area contributed by atoms with Crippen LogP contribution in [0.3, 0.4) is 0 Å². The Morgan fingerprint density at radius 2 is 1.87 bits per heavy atom. The SMILES string of the molecule is CC(=O)OCCOCCCc1ccc2c(c1)n(C)c(=O)n2C1CCC(=O)N(C)C1=O. The summed E-state index contributed by atoms with van der Waals surface area (Å²) >= 11 is 0. The largest absolute Gasteiger partial charge is 0.463 e. The van der Waals surface area contributed by atoms with Gasteiger partial charge in [0, 0.05) is 34.0 Å². The van der Waals surface area contributed by atoms with Gasteiger partial charge in [-0.3, -0.25) is 28.4 Å². The van der Waals surface area contributed by atoms with Crippen molar-refractivity contribution in [2.75, 3.05) is 26.9 Å². The lowest BCUT2D eigenvalue weighted by molar-refractivity contribution is -0.149. The van der Waals surface area contributed by atoms with Crippen LogP contribution in [0.4, 0.5) is 0 Å². The Balaban J connectivity index is 1.70. The summed E-state index contributed by atoms with van der Waals surface area (Å²) in [5.74, 6) is -0.893. The van der Waals surface area contributed by atoms with E-state index in [0.717, 1.165) is 28.8 Å². The molecule has 1 aromatic carbocycles. The molecule has 0 bridgehead atoms. The van der Waals surface area contributed by atoms with E-state index in [1.54, 1.807) is 7.05 Å². The molecule has 1 aliphatic heterocycles. The fourth-order valence-electron chi connectivity index (χ4n) is 3.73. The molecule has 3 rings (SSSR count). The normalized spacial score (nSPS) is 17.0. The van der Waals surface area contributed by atoms with E-state index in [-0.39, 0.29) is 36.5 Å². The quantitative estimate of drug-likeness (QED) is 0.363. The van der Waals surface area contributed by atoms with Crippen molar-refractivity contribution in [2.24, 2.45) is 7.05 Å². The zero-order chi connectivity index (χ0) is 21.8. The number of carbonyl (C=O) groups excluding carboxylic acids is 3. The van der Waals surface area contributed by atoms with Crippen LogP contribution in [-0.2, 0) is 37.3 Å². The van der Waals surface area contributed by atoms with Gasteiger partial charge in [-0.05, 0) is 37.0 Å². The lowest BCUT2D eigenvalue weighted by atomic mass is 10.0. The molecule has 2 amide bonds. The first-order valence-electron chi connectivity index (χ1n) is 10.0. The lowest BCUT2D eigenvalue weighted by Gasteiger charge is -2.28. The summed E-state index contributed by atoms with van der Waals surface area (Å²) in [7, 11) is 3.14. The molecule has 2 heterocycles. The second-order valence-electron chi connectivity index (χ2n) is 7.44. The van der Waals surface area contributed by atoms with E-state index >= 15 is 0 Å². The van der Waals surface area contributed by atoms with Gasteiger partial charge in [0.15, 0.2) is 0 Å². The maximum absolute atomic E-state index is 12.9. The first kappa shape index (κ1) is 21.8. The number of imide groups is 1. The highest BCUT2D eigenvalue weighted by Gasteiger charge is 2.35. The molecule has 0 aliphatic carbocycles. The molecule has 2 aromatic rings. The number of fused-ring (bicyclic) bond motifs is 1. The molecule has 0 saturated carbocycles. The standard InChI is InChI=1S/C21H27N3O6/c1-14(25)30-12-11-29-10-4-5-15-6-7-16-18(13-15)22(2)21(28)24(16)17-8-9-19(26)23(3)20(17)27/h6-7,13,17H,4-5,8-12H2,1-3H3. The summed E-state index contributed by atoms with van der Waals surface area (Å²) in [6.45, 7) is 2.51. The minimum Gasteiger partial charge on any atom is -0.463 e. The number of likely N-dealkylation sites (tertiary alicyclic amines) is 1. The minimum absolute atomic E-state index is 0.220. The number of benzene rings is 1. The molecule has 1 unspecified atom stereocenters. The molecule has 0 radical (unpaired) electrons. The van der Waals surface area contributed by atoms with Gasteiger partial charge in [0.25, 0.3) is 5.91 Å². The van der Waals surface area contributed by atoms with Gasteiger partial charge in [0.1, 0.15) is 12.6 Å². The second-order valence-corrected chi connectivity index (χ2v) is 7.44. The van der Waals surface area contributed by atoms with Gasteiger partial charge >= 0.3 is 11.7 Å². The van der Waals surface area contributed by atoms with Gasteiger partial charge in [-0.15, -0.1) is 0 Å². The van der Waals surface area contributed by atoms with Crippen LogP contribution in [0.15, 0.2) is 23.0 Å². The van der Waals surface area contributed by atoms with E-state index in [0.29, 0.717) is 25.2 Å². The number of ether oxygens (including phenoxy) is 2. The van der Waals surface area contributed by atoms with Crippen molar-refractivity contribution in [3.8, 4) is 0 Å². The number of esters is 1. The second kappa shape index (κ2) is 9.25. The van der Waals surface area contributed by atoms with Crippen LogP contribution >= 0.6 is 0 Å². The first-order valence-corrected chi connectivity index (χ1v) is 10.0. The maximum Gasteiger partial charge on any atom is 0.329 e. The predicted octanol–water partition coefficient (Wildman–Crippen LogP) is 1.17. The molecule has 1 fully saturated rings. The molecule has 1 aliphatic rings. The van der Waals surface area contributed by atoms with Crippen molar-refractivity contribution in [3.63, 3.8) is 0 Å². The Bertz CT molecular complexity index is 1020. The summed E-state index contributed by atoms with van der Waals surface area (Å²) in [6.07, 6.45) is 2.12. The van der Waals surface area contributed by atoms with Crippen molar-refractivity contribution in [3.05, 3.63) is 34.2 Å². The maximum atomic E-state index is 12.9. The van der Waals surface area contributed by atoms with Gasteiger partial charge in [0.05, 0.1) is 17.6 Å². The number of likely N-dealkylation sites (N-methyl/N-ethyl adjacent to an activating group) is 1. The third kappa shape index (κ3) is 4.46. The van der Waals surface area contributed by atoms with Crippen LogP contribution < -0.4 is 5.69 Å². The van der Waals surface area contributed by atoms with E-state index in [9.17, 15) is 19.2 Å². The number of rotatable bonds is 8. The van der Waals surface area contributed by atoms with E-state index in [1.807, 2.05) is 18.2 Å². The van der Waals surface area contributed by atoms with Crippen LogP contribution in [0.2, 0.25) is 0 Å². The number of carbonyl (C=O) groups is 3. The number of hydrogen-bond acceptors (Lipinski definition) is 6. The monoisotopic (exact) mass is 417 g/mol. The van der Waals surface area contributed by atoms with E-state index in [4.69, 9.17) is 9.47 Å². The summed E-state index contributed by atoms with van der Waals surface area (Å²) in [4.78, 5) is 49.0. The van der Waals surface area contributed by atoms with Crippen LogP contribution in [-0.4, -0.2) is 58.7 Å². The number of nitrogens with zero attached hydrogens (tertiary/aromatic N) is 3. The Labute approximate surface area is 174 Å². The summed E-state index contributed by atoms with van der Waals surface area (Å²) in [6, 6.07) is 5.09. The number of piperidine rings is 1. The number of aromatic nitrogens is 2. The third-order valence-corrected chi connectivity index (χ3v) is 5.37. The van der Waals surface area contributed by atoms with Gasteiger partial charge in [-0.25, -0.2) is 4.79 Å². The minimum atomic E-state index is -0.666. The molecule has 9 nitrogen and oxygen atoms in total. The average Bonchev–Trinajstić information content (AvgIpc) is 2.96. The molecular weight excluding hydrogens is 390 g/mol. The number of amides is 2. The fraction of sp³-hybridized carbons (Fsp3) is 0.524. The smallest absolute Gasteiger partial charge is 0.329 e. The summed E-state index contributed by atoms with van der Waals surface area (Å²) in [5, 5.41) is 0. The van der Waals surface area contributed by atoms with Crippen molar-refractivity contribution in [1.29, 1.82) is 0 Å². The van der Waals surface area contributed by atoms with Crippen molar-refractivity contribution < 1.29 is 23.9 Å². The average molecular weight is 417 g/mol. The zero-order valence-corrected chi connectivity index (χ0v) is 17.6. The predicted molar refractivity (Wildman–Crippen MR) is 109 cm³/mol. The Morgan fingerprint density at radius 1 is 1.10 bits per heavy atom. The van der Waals surface area contributed by atoms with Gasteiger partial charge in [-0.2, -0.15) is 0 Å². The lowest BCUT2D eigenvalue weighted by Crippen LogP contribution is -2.45. The van der Waals surface area contributed by atoms with Crippen LogP contribution in [0.1, 0.15) is 37.8 Å². The van der Waals surface area contributed by atoms with Gasteiger partial charge < -0.3 is 9.47 Å². The summed E-state index contributed by atoms with van der Waals surface area (Å²) in [5.41, 5.74) is 2.23. The molecule has 0 N–H and O–H groups in total. The number of hydrogen-bond donors (Lipinski definition) is 0. The molecule has 162 valence electrons. The number of imidazole rings is 1. The van der Waals surface area contributed by atoms with Crippen LogP contribution in [0.5, 0.6) is 0 Å². The highest BCUT2D eigenvalue weighted by atomic mass is 16.6. The molecular formula is C21H27N3O6. The van der Waals surface area contributed by atoms with E-state index in [1.165, 1.54) is 23.1 Å². The highest BCUT2D eigenvalue weighted by Crippen LogP contribution is 2.26. The highest BCUT2D eigenvalue weighted by molar-refractivity contribution is 5.99. The molecule has 30 heavy (non-hydrogen) atoms. The summed E-state index contributed by atoms with van der Waals surface area (Å²) < 4.78 is 13.3. The third-order valence-electron chi connectivity index (χ3n) is 5.37. The van der Waals surface area contributed by atoms with Crippen LogP contribution in [0, 0.1) is 0 Å². The Hall–Kier alpha value is -2.94. The molecule has 0 spiro atoms. The Morgan fingerprint density at radius 3 is 2.60 bits per heavy atom.